The molecule has 2 aromatic carbocycles. The van der Waals surface area contributed by atoms with Crippen LogP contribution in [0.1, 0.15) is 11.1 Å². The molecule has 0 heterocycles. The zero-order chi connectivity index (χ0) is 14.8. The SMILES string of the molecule is Cc1ccc(CCS(=O)(=O)c2ccc(Br)cc2Cl)cc1. The third-order valence-electron chi connectivity index (χ3n) is 3.01. The molecule has 0 aromatic heterocycles. The van der Waals surface area contributed by atoms with Crippen LogP contribution in [0.5, 0.6) is 0 Å². The van der Waals surface area contributed by atoms with Crippen LogP contribution in [0.15, 0.2) is 51.8 Å². The van der Waals surface area contributed by atoms with Crippen LogP contribution in [-0.2, 0) is 16.3 Å². The Kier molecular flexibility index (Phi) is 4.89. The van der Waals surface area contributed by atoms with Gasteiger partial charge in [-0.1, -0.05) is 57.4 Å². The summed E-state index contributed by atoms with van der Waals surface area (Å²) in [6, 6.07) is 12.7. The number of benzene rings is 2. The largest absolute Gasteiger partial charge is 0.224 e. The molecule has 2 aromatic rings. The Balaban J connectivity index is 2.17. The van der Waals surface area contributed by atoms with Gasteiger partial charge in [0.2, 0.25) is 0 Å². The first-order valence-electron chi connectivity index (χ1n) is 6.12. The maximum atomic E-state index is 12.3. The van der Waals surface area contributed by atoms with Crippen molar-refractivity contribution in [2.24, 2.45) is 0 Å². The number of sulfone groups is 1. The van der Waals surface area contributed by atoms with E-state index in [9.17, 15) is 8.42 Å². The number of rotatable bonds is 4. The molecule has 0 amide bonds. The van der Waals surface area contributed by atoms with Crippen LogP contribution in [0.3, 0.4) is 0 Å². The van der Waals surface area contributed by atoms with E-state index < -0.39 is 9.84 Å². The second-order valence-electron chi connectivity index (χ2n) is 4.63. The van der Waals surface area contributed by atoms with E-state index in [1.807, 2.05) is 31.2 Å². The van der Waals surface area contributed by atoms with E-state index in [0.717, 1.165) is 15.6 Å². The molecule has 0 unspecified atom stereocenters. The maximum Gasteiger partial charge on any atom is 0.180 e. The van der Waals surface area contributed by atoms with Crippen molar-refractivity contribution >= 4 is 37.4 Å². The molecule has 0 aliphatic rings. The molecule has 0 aliphatic carbocycles. The topological polar surface area (TPSA) is 34.1 Å². The molecule has 0 fully saturated rings. The molecule has 2 rings (SSSR count). The van der Waals surface area contributed by atoms with Gasteiger partial charge >= 0.3 is 0 Å². The van der Waals surface area contributed by atoms with Crippen LogP contribution >= 0.6 is 27.5 Å². The van der Waals surface area contributed by atoms with Crippen LogP contribution in [0, 0.1) is 6.92 Å². The van der Waals surface area contributed by atoms with Crippen molar-refractivity contribution in [1.82, 2.24) is 0 Å². The van der Waals surface area contributed by atoms with E-state index in [-0.39, 0.29) is 15.7 Å². The summed E-state index contributed by atoms with van der Waals surface area (Å²) in [5.41, 5.74) is 2.17. The van der Waals surface area contributed by atoms with Gasteiger partial charge in [-0.25, -0.2) is 8.42 Å². The summed E-state index contributed by atoms with van der Waals surface area (Å²) in [7, 11) is -3.37. The molecule has 0 aliphatic heterocycles. The van der Waals surface area contributed by atoms with E-state index in [1.54, 1.807) is 12.1 Å². The van der Waals surface area contributed by atoms with Crippen LogP contribution in [0.2, 0.25) is 5.02 Å². The lowest BCUT2D eigenvalue weighted by atomic mass is 10.1. The van der Waals surface area contributed by atoms with Crippen molar-refractivity contribution < 1.29 is 8.42 Å². The molecular weight excluding hydrogens is 360 g/mol. The van der Waals surface area contributed by atoms with Crippen molar-refractivity contribution in [2.75, 3.05) is 5.75 Å². The minimum absolute atomic E-state index is 0.0530. The molecule has 2 nitrogen and oxygen atoms in total. The van der Waals surface area contributed by atoms with Gasteiger partial charge in [0.15, 0.2) is 9.84 Å². The summed E-state index contributed by atoms with van der Waals surface area (Å²) in [6.45, 7) is 2.00. The highest BCUT2D eigenvalue weighted by Crippen LogP contribution is 2.26. The number of hydrogen-bond acceptors (Lipinski definition) is 2. The molecule has 0 atom stereocenters. The molecule has 0 spiro atoms. The lowest BCUT2D eigenvalue weighted by Gasteiger charge is -2.07. The number of halogens is 2. The Morgan fingerprint density at radius 2 is 1.75 bits per heavy atom. The van der Waals surface area contributed by atoms with Crippen LogP contribution < -0.4 is 0 Å². The Morgan fingerprint density at radius 1 is 1.10 bits per heavy atom. The van der Waals surface area contributed by atoms with E-state index in [2.05, 4.69) is 15.9 Å². The van der Waals surface area contributed by atoms with Crippen molar-refractivity contribution in [2.45, 2.75) is 18.2 Å². The molecule has 20 heavy (non-hydrogen) atoms. The predicted octanol–water partition coefficient (Wildman–Crippen LogP) is 4.43. The molecule has 0 N–H and O–H groups in total. The summed E-state index contributed by atoms with van der Waals surface area (Å²) < 4.78 is 25.4. The maximum absolute atomic E-state index is 12.3. The van der Waals surface area contributed by atoms with Gasteiger partial charge < -0.3 is 0 Å². The quantitative estimate of drug-likeness (QED) is 0.794. The molecular formula is C15H14BrClO2S. The lowest BCUT2D eigenvalue weighted by molar-refractivity contribution is 0.595. The zero-order valence-electron chi connectivity index (χ0n) is 10.9. The molecule has 5 heteroatoms. The van der Waals surface area contributed by atoms with E-state index >= 15 is 0 Å². The van der Waals surface area contributed by atoms with Gasteiger partial charge in [0, 0.05) is 4.47 Å². The Labute approximate surface area is 132 Å². The Hall–Kier alpha value is -0.840. The van der Waals surface area contributed by atoms with E-state index in [0.29, 0.717) is 6.42 Å². The highest BCUT2D eigenvalue weighted by molar-refractivity contribution is 9.10. The monoisotopic (exact) mass is 372 g/mol. The predicted molar refractivity (Wildman–Crippen MR) is 86.1 cm³/mol. The minimum atomic E-state index is -3.37. The number of aryl methyl sites for hydroxylation is 2. The van der Waals surface area contributed by atoms with Crippen molar-refractivity contribution in [3.8, 4) is 0 Å². The van der Waals surface area contributed by atoms with Gasteiger partial charge in [-0.05, 0) is 37.1 Å². The second-order valence-corrected chi connectivity index (χ2v) is 8.03. The van der Waals surface area contributed by atoms with Crippen molar-refractivity contribution in [3.05, 3.63) is 63.1 Å². The summed E-state index contributed by atoms with van der Waals surface area (Å²) >= 11 is 9.27. The standard InChI is InChI=1S/C15H14BrClO2S/c1-11-2-4-12(5-3-11)8-9-20(18,19)15-7-6-13(16)10-14(15)17/h2-7,10H,8-9H2,1H3. The van der Waals surface area contributed by atoms with Gasteiger partial charge in [-0.15, -0.1) is 0 Å². The van der Waals surface area contributed by atoms with Gasteiger partial charge in [-0.2, -0.15) is 0 Å². The average molecular weight is 374 g/mol. The summed E-state index contributed by atoms with van der Waals surface area (Å²) in [5, 5.41) is 0.253. The fourth-order valence-corrected chi connectivity index (χ4v) is 4.23. The van der Waals surface area contributed by atoms with Crippen molar-refractivity contribution in [1.29, 1.82) is 0 Å². The lowest BCUT2D eigenvalue weighted by Crippen LogP contribution is -2.10. The van der Waals surface area contributed by atoms with Gasteiger partial charge in [0.05, 0.1) is 15.7 Å². The molecule has 0 saturated carbocycles. The Morgan fingerprint density at radius 3 is 2.35 bits per heavy atom. The highest BCUT2D eigenvalue weighted by Gasteiger charge is 2.18. The third-order valence-corrected chi connectivity index (χ3v) is 5.69. The van der Waals surface area contributed by atoms with E-state index in [4.69, 9.17) is 11.6 Å². The van der Waals surface area contributed by atoms with Gasteiger partial charge in [0.1, 0.15) is 0 Å². The number of hydrogen-bond donors (Lipinski definition) is 0. The van der Waals surface area contributed by atoms with E-state index in [1.165, 1.54) is 6.07 Å². The van der Waals surface area contributed by atoms with Crippen LogP contribution in [0.4, 0.5) is 0 Å². The molecule has 0 radical (unpaired) electrons. The van der Waals surface area contributed by atoms with Crippen molar-refractivity contribution in [3.63, 3.8) is 0 Å². The molecule has 106 valence electrons. The zero-order valence-corrected chi connectivity index (χ0v) is 14.1. The van der Waals surface area contributed by atoms with Gasteiger partial charge in [0.25, 0.3) is 0 Å². The smallest absolute Gasteiger partial charge is 0.180 e. The van der Waals surface area contributed by atoms with Crippen LogP contribution in [0.25, 0.3) is 0 Å². The summed E-state index contributed by atoms with van der Waals surface area (Å²) in [6.07, 6.45) is 0.481. The molecule has 0 bridgehead atoms. The normalized spacial score (nSPS) is 11.6. The fraction of sp³-hybridized carbons (Fsp3) is 0.200. The summed E-state index contributed by atoms with van der Waals surface area (Å²) in [4.78, 5) is 0.189. The third kappa shape index (κ3) is 3.84. The highest BCUT2D eigenvalue weighted by atomic mass is 79.9. The average Bonchev–Trinajstić information content (AvgIpc) is 2.37. The molecule has 0 saturated heterocycles. The summed E-state index contributed by atoms with van der Waals surface area (Å²) in [5.74, 6) is 0.0530. The first-order chi connectivity index (χ1) is 9.38. The Bertz CT molecular complexity index is 709. The first kappa shape index (κ1) is 15.5. The fourth-order valence-electron chi connectivity index (χ4n) is 1.84. The second kappa shape index (κ2) is 6.29. The van der Waals surface area contributed by atoms with Gasteiger partial charge in [-0.3, -0.25) is 0 Å². The first-order valence-corrected chi connectivity index (χ1v) is 8.94. The minimum Gasteiger partial charge on any atom is -0.224 e. The van der Waals surface area contributed by atoms with Crippen LogP contribution in [-0.4, -0.2) is 14.2 Å².